The summed E-state index contributed by atoms with van der Waals surface area (Å²) in [5.74, 6) is 0. The second kappa shape index (κ2) is 16.8. The zero-order chi connectivity index (χ0) is 53.4. The highest BCUT2D eigenvalue weighted by Gasteiger charge is 3.30. The number of hydrogen-bond donors (Lipinski definition) is 0. The predicted octanol–water partition coefficient (Wildman–Crippen LogP) is 19.2. The van der Waals surface area contributed by atoms with Gasteiger partial charge in [0.25, 0.3) is 0 Å². The summed E-state index contributed by atoms with van der Waals surface area (Å²) < 4.78 is 0. The zero-order valence-electron chi connectivity index (χ0n) is 53.4. The molecule has 10 atom stereocenters. The van der Waals surface area contributed by atoms with Crippen molar-refractivity contribution in [3.05, 3.63) is 0 Å². The van der Waals surface area contributed by atoms with Crippen molar-refractivity contribution < 1.29 is 0 Å². The maximum absolute atomic E-state index is 3.24. The minimum Gasteiger partial charge on any atom is -0.0659 e. The number of fused-ring (bicyclic) bond motifs is 13. The van der Waals surface area contributed by atoms with Crippen LogP contribution in [-0.2, 0) is 0 Å². The predicted molar refractivity (Wildman–Crippen MR) is 352 cm³/mol. The van der Waals surface area contributed by atoms with Crippen molar-refractivity contribution in [2.75, 3.05) is 0 Å². The van der Waals surface area contributed by atoms with Gasteiger partial charge in [-0.25, -0.2) is 0 Å². The molecule has 6 aliphatic rings. The van der Waals surface area contributed by atoms with Gasteiger partial charge in [0.15, 0.2) is 0 Å². The molecule has 0 N–H and O–H groups in total. The molecule has 0 radical (unpaired) electrons. The Labute approximate surface area is 439 Å². The Morgan fingerprint density at radius 1 is 0.103 bits per heavy atom. The molecule has 2 unspecified atom stereocenters. The summed E-state index contributed by atoms with van der Waals surface area (Å²) in [5.41, 5.74) is 19.1. The average molecular weight is 1170 g/mol. The van der Waals surface area contributed by atoms with E-state index in [2.05, 4.69) is 249 Å². The van der Waals surface area contributed by atoms with E-state index in [-0.39, 0.29) is 0 Å². The van der Waals surface area contributed by atoms with E-state index in [1.165, 1.54) is 0 Å². The Hall–Kier alpha value is 3.04. The molecule has 6 saturated heterocycles. The smallest absolute Gasteiger partial charge is 0.0400 e. The maximum atomic E-state index is 3.24. The summed E-state index contributed by atoms with van der Waals surface area (Å²) in [6.45, 7) is 94.0. The molecule has 398 valence electrons. The van der Waals surface area contributed by atoms with Crippen LogP contribution in [-0.4, -0.2) is 94.7 Å². The summed E-state index contributed by atoms with van der Waals surface area (Å²) in [4.78, 5) is 0. The second-order valence-electron chi connectivity index (χ2n) is 32.3. The van der Waals surface area contributed by atoms with Crippen molar-refractivity contribution in [3.8, 4) is 0 Å². The van der Waals surface area contributed by atoms with Crippen molar-refractivity contribution in [2.45, 2.75) is 349 Å². The minimum absolute atomic E-state index is 1.01. The Kier molecular flexibility index (Phi) is 14.9. The normalized spacial score (nSPS) is 42.6. The van der Waals surface area contributed by atoms with Crippen LogP contribution in [0, 0.1) is 0 Å². The van der Waals surface area contributed by atoms with Gasteiger partial charge in [0.1, 0.15) is 0 Å². The average Bonchev–Trinajstić information content (AvgIpc) is 3.10. The highest BCUT2D eigenvalue weighted by atomic mass is 31.0. The molecule has 6 fully saturated rings. The molecule has 0 aliphatic carbocycles. The summed E-state index contributed by atoms with van der Waals surface area (Å²) in [6.07, 6.45) is 0. The fourth-order valence-corrected chi connectivity index (χ4v) is 1590. The van der Waals surface area contributed by atoms with Crippen molar-refractivity contribution in [2.24, 2.45) is 0 Å². The highest BCUT2D eigenvalue weighted by Crippen LogP contribution is 3.03. The van der Waals surface area contributed by atoms with Crippen LogP contribution in [0.2, 0.25) is 99.7 Å². The lowest BCUT2D eigenvalue weighted by Gasteiger charge is -3.24. The Balaban J connectivity index is 2.25. The van der Waals surface area contributed by atoms with Crippen LogP contribution in [0.3, 0.4) is 0 Å². The molecule has 0 bridgehead atoms. The van der Waals surface area contributed by atoms with E-state index in [1.54, 1.807) is 0 Å². The third kappa shape index (κ3) is 4.02. The minimum atomic E-state index is -1.91. The first-order chi connectivity index (χ1) is 30.7. The van der Waals surface area contributed by atoms with E-state index in [4.69, 9.17) is 0 Å². The molecule has 6 rings (SSSR count). The van der Waals surface area contributed by atoms with Crippen molar-refractivity contribution in [1.29, 1.82) is 0 Å². The summed E-state index contributed by atoms with van der Waals surface area (Å²) in [7, 11) is -7.35. The highest BCUT2D eigenvalue weighted by molar-refractivity contribution is 8.81. The molecule has 0 aromatic carbocycles. The van der Waals surface area contributed by atoms with Gasteiger partial charge in [-0.1, -0.05) is 349 Å². The molecule has 0 nitrogen and oxygen atoms in total. The third-order valence-electron chi connectivity index (χ3n) is 28.0. The van der Waals surface area contributed by atoms with Gasteiger partial charge in [0.05, 0.1) is 0 Å². The van der Waals surface area contributed by atoms with E-state index >= 15 is 0 Å². The molecule has 0 aromatic heterocycles. The Morgan fingerprint density at radius 3 is 0.235 bits per heavy atom. The van der Waals surface area contributed by atoms with E-state index in [9.17, 15) is 0 Å². The quantitative estimate of drug-likeness (QED) is 0.120. The zero-order valence-corrected chi connectivity index (χ0v) is 67.4. The van der Waals surface area contributed by atoms with Gasteiger partial charge < -0.3 is 0 Å². The van der Waals surface area contributed by atoms with Crippen LogP contribution in [0.5, 0.6) is 0 Å². The molecule has 0 spiro atoms. The summed E-state index contributed by atoms with van der Waals surface area (Å²) in [6, 6.07) is 0. The van der Waals surface area contributed by atoms with Gasteiger partial charge in [-0.3, -0.25) is 0 Å². The first-order valence-corrected chi connectivity index (χ1v) is 79.1. The molecule has 0 saturated carbocycles. The van der Waals surface area contributed by atoms with Gasteiger partial charge in [-0.05, 0) is 0 Å². The van der Waals surface area contributed by atoms with Crippen molar-refractivity contribution in [3.63, 3.8) is 0 Å². The van der Waals surface area contributed by atoms with Crippen LogP contribution in [0.1, 0.15) is 249 Å². The van der Waals surface area contributed by atoms with Crippen LogP contribution >= 0.6 is 0 Å². The fourth-order valence-electron chi connectivity index (χ4n) is 34.3. The first-order valence-electron chi connectivity index (χ1n) is 30.7. The molecule has 6 aliphatic heterocycles. The van der Waals surface area contributed by atoms with Crippen molar-refractivity contribution >= 4 is 94.7 Å². The topological polar surface area (TPSA) is 0 Å². The van der Waals surface area contributed by atoms with Crippen LogP contribution < -0.4 is 0 Å². The number of rotatable bonds is 18. The lowest BCUT2D eigenvalue weighted by atomic mass is 10.5. The van der Waals surface area contributed by atoms with E-state index < -0.39 is 94.7 Å². The van der Waals surface area contributed by atoms with Gasteiger partial charge in [0, 0.05) is 94.7 Å². The van der Waals surface area contributed by atoms with Gasteiger partial charge >= 0.3 is 0 Å². The first kappa shape index (κ1) is 60.3. The number of hydrogen-bond acceptors (Lipinski definition) is 0. The van der Waals surface area contributed by atoms with Gasteiger partial charge in [0.2, 0.25) is 0 Å². The lowest BCUT2D eigenvalue weighted by Crippen LogP contribution is -3.56. The fraction of sp³-hybridized carbons (Fsp3) is 1.00. The summed E-state index contributed by atoms with van der Waals surface area (Å²) in [5, 5.41) is 0. The molecule has 14 heteroatoms. The van der Waals surface area contributed by atoms with Crippen LogP contribution in [0.25, 0.3) is 0 Å². The largest absolute Gasteiger partial charge is 0.0659 e. The van der Waals surface area contributed by atoms with E-state index in [0.717, 1.165) is 99.7 Å². The standard InChI is InChI=1S/C54H126Si14/c1-37(2)55(38(3)4)56(39(5)6,40(7)8)60(46(19)20)59(55,45(17)18)63(49(25)26)64(60,50(27)28)68(54(35)36)66(52(31)32)62(48(23)24)58(43(13)14,44(15)16)57(41(9)10,42(11)12)61(62,47(21)22)65(66,51(29)30)67(63,68)53(33)34/h37-54H,1-36H3/t59-,60+,61+,62-,63+,64-,65-,66+,67?,68?. The van der Waals surface area contributed by atoms with Gasteiger partial charge in [-0.2, -0.15) is 0 Å². The Bertz CT molecular complexity index is 1670. The van der Waals surface area contributed by atoms with Crippen molar-refractivity contribution in [1.82, 2.24) is 0 Å². The lowest BCUT2D eigenvalue weighted by molar-refractivity contribution is 0.861. The maximum Gasteiger partial charge on any atom is 0.0400 e. The van der Waals surface area contributed by atoms with Crippen LogP contribution in [0.15, 0.2) is 0 Å². The molecule has 0 aromatic rings. The van der Waals surface area contributed by atoms with Gasteiger partial charge in [-0.15, -0.1) is 0 Å². The molecule has 0 amide bonds. The molecular formula is C54H126Si14. The van der Waals surface area contributed by atoms with E-state index in [0.29, 0.717) is 0 Å². The molecule has 68 heavy (non-hydrogen) atoms. The third-order valence-corrected chi connectivity index (χ3v) is 619. The van der Waals surface area contributed by atoms with E-state index in [1.807, 2.05) is 0 Å². The monoisotopic (exact) mass is 1170 g/mol. The Morgan fingerprint density at radius 2 is 0.176 bits per heavy atom. The summed E-state index contributed by atoms with van der Waals surface area (Å²) >= 11 is 0. The SMILES string of the molecule is CC(C)[Si]1(C(C)C)[Si](C(C)C)(C(C)C)[Si@]2(C(C)C)[Si@@]1(C(C)C)[Si@@]1(C(C)C)[Si]3(C(C)C)[Si](C(C)C)([Si@@]21C(C)C)[Si@]1(C(C)C)[Si@@]2(C(C)C)[Si](C(C)C)(C(C)C)[Si](C(C)C)(C(C)C)[Si@@]2(C(C)C)[Si@]31C(C)C. The molecular weight excluding hydrogens is 1040 g/mol. The van der Waals surface area contributed by atoms with Crippen LogP contribution in [0.4, 0.5) is 0 Å². The second-order valence-corrected chi connectivity index (χ2v) is 218. The molecule has 6 heterocycles.